The van der Waals surface area contributed by atoms with Crippen molar-refractivity contribution >= 4 is 21.2 Å². The molecule has 1 atom stereocenters. The molecule has 2 fully saturated rings. The van der Waals surface area contributed by atoms with Gasteiger partial charge in [-0.2, -0.15) is 8.78 Å². The molecule has 0 amide bonds. The molecule has 1 aromatic rings. The van der Waals surface area contributed by atoms with Gasteiger partial charge in [-0.15, -0.1) is 0 Å². The van der Waals surface area contributed by atoms with Crippen molar-refractivity contribution in [1.82, 2.24) is 4.90 Å². The van der Waals surface area contributed by atoms with Crippen LogP contribution in [0.15, 0.2) is 23.1 Å². The largest absolute Gasteiger partial charge is 0.364 e. The van der Waals surface area contributed by atoms with E-state index in [0.29, 0.717) is 19.1 Å². The van der Waals surface area contributed by atoms with Crippen LogP contribution in [0, 0.1) is 10.1 Å². The third-order valence-electron chi connectivity index (χ3n) is 5.10. The number of benzene rings is 1. The number of nitro groups is 1. The molecule has 0 bridgehead atoms. The zero-order valence-corrected chi connectivity index (χ0v) is 15.0. The number of halogens is 2. The number of hydrogen-bond acceptors (Lipinski definition) is 6. The first-order valence-electron chi connectivity index (χ1n) is 8.60. The molecular weight excluding hydrogens is 368 g/mol. The average molecular weight is 389 g/mol. The van der Waals surface area contributed by atoms with E-state index in [1.807, 2.05) is 4.90 Å². The lowest BCUT2D eigenvalue weighted by Crippen LogP contribution is -2.47. The smallest absolute Gasteiger partial charge is 0.341 e. The van der Waals surface area contributed by atoms with Crippen molar-refractivity contribution in [3.8, 4) is 0 Å². The summed E-state index contributed by atoms with van der Waals surface area (Å²) in [6, 6.07) is 3.36. The molecule has 1 unspecified atom stereocenters. The molecular formula is C16H21F2N3O4S. The van der Waals surface area contributed by atoms with Crippen molar-refractivity contribution < 1.29 is 22.1 Å². The summed E-state index contributed by atoms with van der Waals surface area (Å²) in [4.78, 5) is 14.2. The van der Waals surface area contributed by atoms with Crippen LogP contribution in [0.1, 0.15) is 25.7 Å². The Kier molecular flexibility index (Phi) is 5.42. The van der Waals surface area contributed by atoms with Crippen LogP contribution in [0.3, 0.4) is 0 Å². The van der Waals surface area contributed by atoms with Gasteiger partial charge in [-0.25, -0.2) is 8.42 Å². The van der Waals surface area contributed by atoms with Crippen molar-refractivity contribution in [2.24, 2.45) is 0 Å². The molecule has 0 aromatic heterocycles. The van der Waals surface area contributed by atoms with Crippen LogP contribution in [0.2, 0.25) is 0 Å². The first-order chi connectivity index (χ1) is 12.3. The first kappa shape index (κ1) is 19.0. The molecule has 2 saturated heterocycles. The van der Waals surface area contributed by atoms with E-state index in [0.717, 1.165) is 50.9 Å². The highest BCUT2D eigenvalue weighted by molar-refractivity contribution is 7.91. The number of sulfone groups is 1. The molecule has 3 rings (SSSR count). The minimum atomic E-state index is -4.87. The Morgan fingerprint density at radius 3 is 2.46 bits per heavy atom. The summed E-state index contributed by atoms with van der Waals surface area (Å²) in [5, 5.41) is 11.4. The number of nitro benzene ring substituents is 1. The zero-order chi connectivity index (χ0) is 18.9. The highest BCUT2D eigenvalue weighted by Gasteiger charge is 2.33. The Balaban J connectivity index is 1.90. The van der Waals surface area contributed by atoms with Crippen LogP contribution in [0.4, 0.5) is 20.2 Å². The Morgan fingerprint density at radius 2 is 1.85 bits per heavy atom. The van der Waals surface area contributed by atoms with Crippen LogP contribution in [0.5, 0.6) is 0 Å². The summed E-state index contributed by atoms with van der Waals surface area (Å²) in [6.45, 7) is 3.27. The topological polar surface area (TPSA) is 83.8 Å². The normalized spacial score (nSPS) is 22.1. The van der Waals surface area contributed by atoms with E-state index >= 15 is 0 Å². The Hall–Kier alpha value is -1.81. The summed E-state index contributed by atoms with van der Waals surface area (Å²) >= 11 is 0. The highest BCUT2D eigenvalue weighted by Crippen LogP contribution is 2.34. The number of likely N-dealkylation sites (tertiary alicyclic amines) is 1. The van der Waals surface area contributed by atoms with Crippen LogP contribution < -0.4 is 4.90 Å². The molecule has 0 N–H and O–H groups in total. The van der Waals surface area contributed by atoms with Gasteiger partial charge < -0.3 is 4.90 Å². The van der Waals surface area contributed by atoms with E-state index in [1.54, 1.807) is 0 Å². The number of piperidine rings is 1. The summed E-state index contributed by atoms with van der Waals surface area (Å²) in [6.07, 6.45) is 4.19. The monoisotopic (exact) mass is 389 g/mol. The average Bonchev–Trinajstić information content (AvgIpc) is 3.16. The second-order valence-electron chi connectivity index (χ2n) is 6.70. The fourth-order valence-electron chi connectivity index (χ4n) is 3.78. The van der Waals surface area contributed by atoms with Crippen molar-refractivity contribution in [2.45, 2.75) is 42.4 Å². The Morgan fingerprint density at radius 1 is 1.15 bits per heavy atom. The van der Waals surface area contributed by atoms with E-state index in [2.05, 4.69) is 4.90 Å². The zero-order valence-electron chi connectivity index (χ0n) is 14.2. The Bertz CT molecular complexity index is 782. The predicted molar refractivity (Wildman–Crippen MR) is 92.3 cm³/mol. The summed E-state index contributed by atoms with van der Waals surface area (Å²) in [5.41, 5.74) is -0.166. The maximum Gasteiger partial charge on any atom is 0.341 e. The molecule has 2 aliphatic rings. The lowest BCUT2D eigenvalue weighted by Gasteiger charge is -2.38. The SMILES string of the molecule is O=[N+]([O-])c1cc(S(=O)(=O)C(F)F)ccc1N1CCCC(N2CCCC2)C1. The molecule has 0 saturated carbocycles. The minimum Gasteiger partial charge on any atom is -0.364 e. The number of rotatable bonds is 5. The molecule has 10 heteroatoms. The van der Waals surface area contributed by atoms with Gasteiger partial charge in [0.05, 0.1) is 9.82 Å². The molecule has 0 aliphatic carbocycles. The van der Waals surface area contributed by atoms with Gasteiger partial charge in [0.25, 0.3) is 5.69 Å². The van der Waals surface area contributed by atoms with E-state index in [1.165, 1.54) is 6.07 Å². The number of anilines is 1. The molecule has 7 nitrogen and oxygen atoms in total. The Labute approximate surface area is 150 Å². The van der Waals surface area contributed by atoms with Crippen LogP contribution in [0.25, 0.3) is 0 Å². The second kappa shape index (κ2) is 7.43. The van der Waals surface area contributed by atoms with Gasteiger partial charge in [0.2, 0.25) is 9.84 Å². The van der Waals surface area contributed by atoms with Crippen LogP contribution >= 0.6 is 0 Å². The third kappa shape index (κ3) is 3.66. The van der Waals surface area contributed by atoms with Crippen molar-refractivity contribution in [3.05, 3.63) is 28.3 Å². The maximum atomic E-state index is 12.7. The van der Waals surface area contributed by atoms with Gasteiger partial charge >= 0.3 is 5.76 Å². The van der Waals surface area contributed by atoms with E-state index in [-0.39, 0.29) is 5.69 Å². The lowest BCUT2D eigenvalue weighted by molar-refractivity contribution is -0.384. The van der Waals surface area contributed by atoms with Gasteiger partial charge in [-0.3, -0.25) is 15.0 Å². The van der Waals surface area contributed by atoms with E-state index in [4.69, 9.17) is 0 Å². The highest BCUT2D eigenvalue weighted by atomic mass is 32.2. The van der Waals surface area contributed by atoms with Crippen LogP contribution in [-0.2, 0) is 9.84 Å². The molecule has 2 heterocycles. The molecule has 2 aliphatic heterocycles. The molecule has 0 radical (unpaired) electrons. The number of alkyl halides is 2. The summed E-state index contributed by atoms with van der Waals surface area (Å²) in [7, 11) is -4.87. The molecule has 26 heavy (non-hydrogen) atoms. The molecule has 144 valence electrons. The molecule has 0 spiro atoms. The van der Waals surface area contributed by atoms with E-state index < -0.39 is 31.1 Å². The van der Waals surface area contributed by atoms with Gasteiger partial charge in [0.15, 0.2) is 0 Å². The maximum absolute atomic E-state index is 12.7. The van der Waals surface area contributed by atoms with Gasteiger partial charge in [-0.1, -0.05) is 0 Å². The fraction of sp³-hybridized carbons (Fsp3) is 0.625. The van der Waals surface area contributed by atoms with Gasteiger partial charge in [0.1, 0.15) is 5.69 Å². The number of nitrogens with zero attached hydrogens (tertiary/aromatic N) is 3. The van der Waals surface area contributed by atoms with E-state index in [9.17, 15) is 27.3 Å². The standard InChI is InChI=1S/C16H21F2N3O4S/c17-16(18)26(24,25)13-5-6-14(15(10-13)21(22)23)20-9-3-4-12(11-20)19-7-1-2-8-19/h5-6,10,12,16H,1-4,7-9,11H2. The minimum absolute atomic E-state index is 0.284. The molecule has 1 aromatic carbocycles. The third-order valence-corrected chi connectivity index (χ3v) is 6.48. The first-order valence-corrected chi connectivity index (χ1v) is 10.1. The van der Waals surface area contributed by atoms with Gasteiger partial charge in [-0.05, 0) is 50.9 Å². The van der Waals surface area contributed by atoms with Crippen molar-refractivity contribution in [1.29, 1.82) is 0 Å². The van der Waals surface area contributed by atoms with Crippen molar-refractivity contribution in [3.63, 3.8) is 0 Å². The lowest BCUT2D eigenvalue weighted by atomic mass is 10.0. The fourth-order valence-corrected chi connectivity index (χ4v) is 4.51. The predicted octanol–water partition coefficient (Wildman–Crippen LogP) is 2.66. The number of hydrogen-bond donors (Lipinski definition) is 0. The quantitative estimate of drug-likeness (QED) is 0.569. The van der Waals surface area contributed by atoms with Gasteiger partial charge in [0, 0.05) is 25.2 Å². The summed E-state index contributed by atoms with van der Waals surface area (Å²) in [5.74, 6) is -3.61. The van der Waals surface area contributed by atoms with Crippen molar-refractivity contribution in [2.75, 3.05) is 31.1 Å². The van der Waals surface area contributed by atoms with Crippen LogP contribution in [-0.4, -0.2) is 56.2 Å². The second-order valence-corrected chi connectivity index (χ2v) is 8.62. The summed E-state index contributed by atoms with van der Waals surface area (Å²) < 4.78 is 48.7.